The van der Waals surface area contributed by atoms with E-state index in [1.54, 1.807) is 0 Å². The third kappa shape index (κ3) is 5.33. The van der Waals surface area contributed by atoms with Crippen molar-refractivity contribution in [1.82, 2.24) is 4.90 Å². The van der Waals surface area contributed by atoms with E-state index in [-0.39, 0.29) is 0 Å². The summed E-state index contributed by atoms with van der Waals surface area (Å²) in [6.45, 7) is 7.46. The highest BCUT2D eigenvalue weighted by atomic mass is 16.5. The molecule has 2 aliphatic rings. The molecule has 0 amide bonds. The summed E-state index contributed by atoms with van der Waals surface area (Å²) < 4.78 is 11.9. The first-order valence-electron chi connectivity index (χ1n) is 10.4. The molecule has 144 valence electrons. The Morgan fingerprint density at radius 3 is 2.74 bits per heavy atom. The first kappa shape index (κ1) is 18.5. The summed E-state index contributed by atoms with van der Waals surface area (Å²) in [5.74, 6) is 1.89. The highest BCUT2D eigenvalue weighted by molar-refractivity contribution is 5.41. The standard InChI is InChI=1S/C24H31NO2/c1-2-19-8-9-24-23(15-19)16-21-4-3-5-22(14-21)18-25(17-20-6-7-20)10-11-26-12-13-27-24/h3-5,8-9,14-15,20H,2,6-7,10-13,16-18H2,1H3. The lowest BCUT2D eigenvalue weighted by molar-refractivity contribution is 0.0764. The molecule has 0 N–H and O–H groups in total. The third-order valence-corrected chi connectivity index (χ3v) is 5.58. The smallest absolute Gasteiger partial charge is 0.122 e. The van der Waals surface area contributed by atoms with Gasteiger partial charge in [-0.05, 0) is 53.5 Å². The normalized spacial score (nSPS) is 19.0. The van der Waals surface area contributed by atoms with E-state index in [1.807, 2.05) is 0 Å². The molecule has 0 radical (unpaired) electrons. The van der Waals surface area contributed by atoms with Gasteiger partial charge >= 0.3 is 0 Å². The second kappa shape index (κ2) is 8.90. The largest absolute Gasteiger partial charge is 0.491 e. The number of rotatable bonds is 3. The van der Waals surface area contributed by atoms with Gasteiger partial charge < -0.3 is 9.47 Å². The minimum atomic E-state index is 0.612. The molecule has 3 heteroatoms. The van der Waals surface area contributed by atoms with E-state index in [4.69, 9.17) is 9.47 Å². The Hall–Kier alpha value is -1.84. The second-order valence-electron chi connectivity index (χ2n) is 7.93. The molecular weight excluding hydrogens is 334 g/mol. The molecule has 1 fully saturated rings. The average molecular weight is 366 g/mol. The summed E-state index contributed by atoms with van der Waals surface area (Å²) >= 11 is 0. The van der Waals surface area contributed by atoms with Crippen molar-refractivity contribution >= 4 is 0 Å². The van der Waals surface area contributed by atoms with Gasteiger partial charge in [-0.1, -0.05) is 43.3 Å². The van der Waals surface area contributed by atoms with Gasteiger partial charge in [-0.25, -0.2) is 0 Å². The van der Waals surface area contributed by atoms with Crippen LogP contribution in [0.2, 0.25) is 0 Å². The van der Waals surface area contributed by atoms with Crippen molar-refractivity contribution in [1.29, 1.82) is 0 Å². The number of benzene rings is 2. The Kier molecular flexibility index (Phi) is 6.10. The van der Waals surface area contributed by atoms with Crippen molar-refractivity contribution in [3.63, 3.8) is 0 Å². The average Bonchev–Trinajstić information content (AvgIpc) is 3.49. The van der Waals surface area contributed by atoms with E-state index < -0.39 is 0 Å². The number of hydrogen-bond acceptors (Lipinski definition) is 3. The van der Waals surface area contributed by atoms with Gasteiger partial charge in [0.25, 0.3) is 0 Å². The Labute approximate surface area is 163 Å². The lowest BCUT2D eigenvalue weighted by atomic mass is 9.99. The van der Waals surface area contributed by atoms with Crippen LogP contribution in [0.1, 0.15) is 42.0 Å². The van der Waals surface area contributed by atoms with Gasteiger partial charge in [-0.15, -0.1) is 0 Å². The zero-order valence-electron chi connectivity index (χ0n) is 16.5. The van der Waals surface area contributed by atoms with E-state index >= 15 is 0 Å². The van der Waals surface area contributed by atoms with Gasteiger partial charge in [0.05, 0.1) is 13.2 Å². The second-order valence-corrected chi connectivity index (χ2v) is 7.93. The van der Waals surface area contributed by atoms with E-state index in [0.29, 0.717) is 13.2 Å². The quantitative estimate of drug-likeness (QED) is 0.801. The molecule has 3 nitrogen and oxygen atoms in total. The zero-order chi connectivity index (χ0) is 18.5. The third-order valence-electron chi connectivity index (χ3n) is 5.58. The molecule has 1 aliphatic heterocycles. The molecule has 1 heterocycles. The van der Waals surface area contributed by atoms with E-state index in [1.165, 1.54) is 41.6 Å². The summed E-state index contributed by atoms with van der Waals surface area (Å²) in [5.41, 5.74) is 5.41. The molecule has 2 aromatic carbocycles. The molecule has 0 atom stereocenters. The molecule has 4 rings (SSSR count). The van der Waals surface area contributed by atoms with Crippen LogP contribution in [0.3, 0.4) is 0 Å². The zero-order valence-corrected chi connectivity index (χ0v) is 16.5. The Balaban J connectivity index is 1.58. The molecule has 0 spiro atoms. The monoisotopic (exact) mass is 365 g/mol. The summed E-state index contributed by atoms with van der Waals surface area (Å²) in [7, 11) is 0. The van der Waals surface area contributed by atoms with Gasteiger partial charge in [-0.3, -0.25) is 4.90 Å². The summed E-state index contributed by atoms with van der Waals surface area (Å²) in [6, 6.07) is 15.7. The van der Waals surface area contributed by atoms with Crippen molar-refractivity contribution in [3.8, 4) is 5.75 Å². The van der Waals surface area contributed by atoms with Gasteiger partial charge in [0.1, 0.15) is 12.4 Å². The van der Waals surface area contributed by atoms with Crippen LogP contribution >= 0.6 is 0 Å². The number of aryl methyl sites for hydroxylation is 1. The molecule has 0 unspecified atom stereocenters. The molecule has 0 saturated heterocycles. The van der Waals surface area contributed by atoms with Crippen LogP contribution < -0.4 is 4.74 Å². The topological polar surface area (TPSA) is 21.7 Å². The lowest BCUT2D eigenvalue weighted by Gasteiger charge is -2.23. The predicted molar refractivity (Wildman–Crippen MR) is 109 cm³/mol. The van der Waals surface area contributed by atoms with Crippen LogP contribution in [0.15, 0.2) is 42.5 Å². The van der Waals surface area contributed by atoms with Crippen molar-refractivity contribution in [2.24, 2.45) is 5.92 Å². The maximum absolute atomic E-state index is 6.07. The first-order valence-corrected chi connectivity index (χ1v) is 10.4. The highest BCUT2D eigenvalue weighted by Crippen LogP contribution is 2.30. The van der Waals surface area contributed by atoms with Crippen LogP contribution in [0, 0.1) is 5.92 Å². The van der Waals surface area contributed by atoms with Gasteiger partial charge in [-0.2, -0.15) is 0 Å². The first-order chi connectivity index (χ1) is 13.3. The van der Waals surface area contributed by atoms with E-state index in [2.05, 4.69) is 54.3 Å². The van der Waals surface area contributed by atoms with Crippen molar-refractivity contribution in [2.45, 2.75) is 39.2 Å². The van der Waals surface area contributed by atoms with Crippen molar-refractivity contribution in [2.75, 3.05) is 32.9 Å². The van der Waals surface area contributed by atoms with Gasteiger partial charge in [0.2, 0.25) is 0 Å². The van der Waals surface area contributed by atoms with Crippen LogP contribution in [0.4, 0.5) is 0 Å². The summed E-state index contributed by atoms with van der Waals surface area (Å²) in [5, 5.41) is 0. The number of fused-ring (bicyclic) bond motifs is 3. The predicted octanol–water partition coefficient (Wildman–Crippen LogP) is 4.46. The Bertz CT molecular complexity index is 754. The fourth-order valence-electron chi connectivity index (χ4n) is 3.85. The van der Waals surface area contributed by atoms with E-state index in [9.17, 15) is 0 Å². The van der Waals surface area contributed by atoms with Gasteiger partial charge in [0.15, 0.2) is 0 Å². The Morgan fingerprint density at radius 2 is 1.89 bits per heavy atom. The Morgan fingerprint density at radius 1 is 1.00 bits per heavy atom. The molecule has 1 aliphatic carbocycles. The van der Waals surface area contributed by atoms with Crippen LogP contribution in [0.5, 0.6) is 5.75 Å². The fraction of sp³-hybridized carbons (Fsp3) is 0.500. The lowest BCUT2D eigenvalue weighted by Crippen LogP contribution is -2.30. The summed E-state index contributed by atoms with van der Waals surface area (Å²) in [4.78, 5) is 2.56. The SMILES string of the molecule is CCc1ccc2c(c1)Cc1cccc(c1)CN(CC1CC1)CCOCCO2. The highest BCUT2D eigenvalue weighted by Gasteiger charge is 2.24. The van der Waals surface area contributed by atoms with Crippen LogP contribution in [0.25, 0.3) is 0 Å². The maximum atomic E-state index is 6.07. The fourth-order valence-corrected chi connectivity index (χ4v) is 3.85. The van der Waals surface area contributed by atoms with Crippen molar-refractivity contribution < 1.29 is 9.47 Å². The van der Waals surface area contributed by atoms with E-state index in [0.717, 1.165) is 44.2 Å². The molecular formula is C24H31NO2. The minimum Gasteiger partial charge on any atom is -0.491 e. The molecule has 2 aromatic rings. The molecule has 0 aromatic heterocycles. The number of ether oxygens (including phenoxy) is 2. The molecule has 2 bridgehead atoms. The number of hydrogen-bond donors (Lipinski definition) is 0. The molecule has 27 heavy (non-hydrogen) atoms. The van der Waals surface area contributed by atoms with Gasteiger partial charge in [0, 0.05) is 26.1 Å². The number of nitrogens with zero attached hydrogens (tertiary/aromatic N) is 1. The minimum absolute atomic E-state index is 0.612. The van der Waals surface area contributed by atoms with Crippen LogP contribution in [-0.2, 0) is 24.1 Å². The summed E-state index contributed by atoms with van der Waals surface area (Å²) in [6.07, 6.45) is 4.75. The van der Waals surface area contributed by atoms with Crippen LogP contribution in [-0.4, -0.2) is 37.8 Å². The maximum Gasteiger partial charge on any atom is 0.122 e. The molecule has 1 saturated carbocycles. The van der Waals surface area contributed by atoms with Crippen molar-refractivity contribution in [3.05, 3.63) is 64.7 Å².